The van der Waals surface area contributed by atoms with E-state index in [1.165, 1.54) is 12.1 Å². The number of rotatable bonds is 5. The molecule has 154 valence electrons. The van der Waals surface area contributed by atoms with Crippen molar-refractivity contribution in [2.24, 2.45) is 5.10 Å². The molecule has 31 heavy (non-hydrogen) atoms. The summed E-state index contributed by atoms with van der Waals surface area (Å²) in [6, 6.07) is 23.4. The number of sulfonamides is 1. The fourth-order valence-electron chi connectivity index (χ4n) is 2.83. The van der Waals surface area contributed by atoms with Gasteiger partial charge in [0, 0.05) is 5.56 Å². The Hall–Kier alpha value is -3.96. The molecule has 0 amide bonds. The van der Waals surface area contributed by atoms with Crippen LogP contribution in [0.3, 0.4) is 0 Å². The second kappa shape index (κ2) is 8.81. The van der Waals surface area contributed by atoms with Crippen LogP contribution in [0.1, 0.15) is 11.1 Å². The molecule has 0 atom stereocenters. The van der Waals surface area contributed by atoms with E-state index in [1.807, 2.05) is 61.5 Å². The van der Waals surface area contributed by atoms with Gasteiger partial charge in [0.15, 0.2) is 0 Å². The maximum absolute atomic E-state index is 12.6. The van der Waals surface area contributed by atoms with E-state index >= 15 is 0 Å². The van der Waals surface area contributed by atoms with Crippen molar-refractivity contribution >= 4 is 26.8 Å². The first-order valence-corrected chi connectivity index (χ1v) is 11.0. The molecule has 0 aliphatic heterocycles. The fourth-order valence-corrected chi connectivity index (χ4v) is 3.66. The van der Waals surface area contributed by atoms with Crippen molar-refractivity contribution in [1.82, 2.24) is 19.8 Å². The number of benzene rings is 3. The molecule has 4 aromatic rings. The van der Waals surface area contributed by atoms with Gasteiger partial charge in [0.1, 0.15) is 11.2 Å². The first kappa shape index (κ1) is 20.3. The molecular weight excluding hydrogens is 410 g/mol. The quantitative estimate of drug-likeness (QED) is 0.300. The van der Waals surface area contributed by atoms with Gasteiger partial charge in [-0.1, -0.05) is 59.2 Å². The summed E-state index contributed by atoms with van der Waals surface area (Å²) in [6.45, 7) is 2.05. The fraction of sp³-hybridized carbons (Fsp3) is 0.0870. The Bertz CT molecular complexity index is 1400. The van der Waals surface area contributed by atoms with Gasteiger partial charge in [0.25, 0.3) is 10.0 Å². The number of aryl methyl sites for hydroxylation is 1. The number of hydrogen-bond donors (Lipinski definition) is 1. The summed E-state index contributed by atoms with van der Waals surface area (Å²) in [7, 11) is -3.83. The van der Waals surface area contributed by atoms with Crippen LogP contribution in [0, 0.1) is 18.8 Å². The van der Waals surface area contributed by atoms with Crippen molar-refractivity contribution in [2.75, 3.05) is 0 Å². The molecule has 8 heteroatoms. The summed E-state index contributed by atoms with van der Waals surface area (Å²) in [6.07, 6.45) is 0. The minimum Gasteiger partial charge on any atom is -0.238 e. The van der Waals surface area contributed by atoms with Crippen LogP contribution >= 0.6 is 0 Å². The Balaban J connectivity index is 1.66. The zero-order valence-electron chi connectivity index (χ0n) is 16.7. The number of nitrogens with zero attached hydrogens (tertiary/aromatic N) is 4. The van der Waals surface area contributed by atoms with Crippen molar-refractivity contribution in [3.05, 3.63) is 90.0 Å². The summed E-state index contributed by atoms with van der Waals surface area (Å²) in [5.74, 6) is 5.97. The number of para-hydroxylation sites is 1. The number of hydrazone groups is 1. The van der Waals surface area contributed by atoms with Crippen molar-refractivity contribution in [3.8, 4) is 11.8 Å². The van der Waals surface area contributed by atoms with Gasteiger partial charge in [-0.2, -0.15) is 18.4 Å². The molecule has 3 aromatic carbocycles. The number of aromatic nitrogens is 3. The van der Waals surface area contributed by atoms with Crippen molar-refractivity contribution in [2.45, 2.75) is 18.4 Å². The Labute approximate surface area is 180 Å². The molecule has 0 bridgehead atoms. The van der Waals surface area contributed by atoms with E-state index in [9.17, 15) is 8.42 Å². The van der Waals surface area contributed by atoms with E-state index in [-0.39, 0.29) is 11.4 Å². The largest absolute Gasteiger partial charge is 0.276 e. The van der Waals surface area contributed by atoms with Gasteiger partial charge in [-0.05, 0) is 49.2 Å². The summed E-state index contributed by atoms with van der Waals surface area (Å²) in [5, 5.41) is 12.4. The summed E-state index contributed by atoms with van der Waals surface area (Å²) < 4.78 is 26.9. The molecule has 0 fully saturated rings. The first-order valence-electron chi connectivity index (χ1n) is 9.52. The highest BCUT2D eigenvalue weighted by atomic mass is 32.2. The third-order valence-corrected chi connectivity index (χ3v) is 5.70. The Morgan fingerprint density at radius 3 is 2.48 bits per heavy atom. The standard InChI is InChI=1S/C23H19N5O2S/c1-18-11-15-21(16-12-18)31(29,30)27-24-20(14-13-19-7-3-2-4-8-19)17-28-23-10-6-5-9-22(23)25-26-28/h2-12,15-16,27H,17H2,1H3. The lowest BCUT2D eigenvalue weighted by molar-refractivity contribution is 0.584. The second-order valence-corrected chi connectivity index (χ2v) is 8.48. The van der Waals surface area contributed by atoms with Crippen molar-refractivity contribution in [3.63, 3.8) is 0 Å². The van der Waals surface area contributed by atoms with E-state index in [0.717, 1.165) is 22.2 Å². The lowest BCUT2D eigenvalue weighted by atomic mass is 10.2. The highest BCUT2D eigenvalue weighted by Crippen LogP contribution is 2.11. The molecule has 0 unspecified atom stereocenters. The van der Waals surface area contributed by atoms with Gasteiger partial charge in [-0.25, -0.2) is 4.68 Å². The molecule has 0 saturated carbocycles. The van der Waals surface area contributed by atoms with E-state index < -0.39 is 10.0 Å². The Kier molecular flexibility index (Phi) is 5.78. The summed E-state index contributed by atoms with van der Waals surface area (Å²) in [5.41, 5.74) is 3.60. The Morgan fingerprint density at radius 2 is 1.71 bits per heavy atom. The molecule has 0 aliphatic carbocycles. The topological polar surface area (TPSA) is 89.2 Å². The second-order valence-electron chi connectivity index (χ2n) is 6.82. The predicted octanol–water partition coefficient (Wildman–Crippen LogP) is 3.13. The average molecular weight is 430 g/mol. The molecule has 0 aliphatic rings. The van der Waals surface area contributed by atoms with Crippen LogP contribution in [0.15, 0.2) is 88.9 Å². The molecule has 1 heterocycles. The monoisotopic (exact) mass is 429 g/mol. The zero-order valence-corrected chi connectivity index (χ0v) is 17.5. The van der Waals surface area contributed by atoms with Gasteiger partial charge in [-0.3, -0.25) is 0 Å². The Morgan fingerprint density at radius 1 is 1.00 bits per heavy atom. The van der Waals surface area contributed by atoms with E-state index in [2.05, 4.69) is 32.1 Å². The maximum atomic E-state index is 12.6. The highest BCUT2D eigenvalue weighted by Gasteiger charge is 2.13. The zero-order chi connectivity index (χ0) is 21.7. The molecule has 0 spiro atoms. The molecular formula is C23H19N5O2S. The number of fused-ring (bicyclic) bond motifs is 1. The molecule has 1 aromatic heterocycles. The van der Waals surface area contributed by atoms with Crippen LogP contribution in [-0.4, -0.2) is 29.1 Å². The van der Waals surface area contributed by atoms with Crippen LogP contribution in [0.2, 0.25) is 0 Å². The van der Waals surface area contributed by atoms with Crippen LogP contribution in [-0.2, 0) is 16.6 Å². The van der Waals surface area contributed by atoms with E-state index in [1.54, 1.807) is 16.8 Å². The third kappa shape index (κ3) is 4.97. The normalized spacial score (nSPS) is 11.7. The minimum atomic E-state index is -3.83. The van der Waals surface area contributed by atoms with Crippen LogP contribution < -0.4 is 4.83 Å². The van der Waals surface area contributed by atoms with Gasteiger partial charge in [-0.15, -0.1) is 5.10 Å². The highest BCUT2D eigenvalue weighted by molar-refractivity contribution is 7.89. The van der Waals surface area contributed by atoms with Gasteiger partial charge in [0.05, 0.1) is 17.0 Å². The maximum Gasteiger partial charge on any atom is 0.276 e. The lowest BCUT2D eigenvalue weighted by Gasteiger charge is -2.06. The smallest absolute Gasteiger partial charge is 0.238 e. The molecule has 4 rings (SSSR count). The van der Waals surface area contributed by atoms with Crippen molar-refractivity contribution < 1.29 is 8.42 Å². The molecule has 0 radical (unpaired) electrons. The first-order chi connectivity index (χ1) is 15.0. The van der Waals surface area contributed by atoms with Gasteiger partial charge in [0.2, 0.25) is 0 Å². The number of hydrogen-bond acceptors (Lipinski definition) is 5. The molecule has 0 saturated heterocycles. The van der Waals surface area contributed by atoms with Crippen molar-refractivity contribution in [1.29, 1.82) is 0 Å². The predicted molar refractivity (Wildman–Crippen MR) is 120 cm³/mol. The lowest BCUT2D eigenvalue weighted by Crippen LogP contribution is -2.22. The molecule has 7 nitrogen and oxygen atoms in total. The van der Waals surface area contributed by atoms with E-state index in [0.29, 0.717) is 5.71 Å². The van der Waals surface area contributed by atoms with E-state index in [4.69, 9.17) is 0 Å². The van der Waals surface area contributed by atoms with Gasteiger partial charge >= 0.3 is 0 Å². The third-order valence-electron chi connectivity index (χ3n) is 4.48. The number of nitrogens with one attached hydrogen (secondary N) is 1. The SMILES string of the molecule is Cc1ccc(S(=O)(=O)NN=C(C#Cc2ccccc2)Cn2nnc3ccccc32)cc1. The average Bonchev–Trinajstić information content (AvgIpc) is 3.19. The summed E-state index contributed by atoms with van der Waals surface area (Å²) in [4.78, 5) is 2.42. The van der Waals surface area contributed by atoms with Crippen LogP contribution in [0.4, 0.5) is 0 Å². The van der Waals surface area contributed by atoms with Gasteiger partial charge < -0.3 is 0 Å². The van der Waals surface area contributed by atoms with Crippen LogP contribution in [0.5, 0.6) is 0 Å². The summed E-state index contributed by atoms with van der Waals surface area (Å²) >= 11 is 0. The van der Waals surface area contributed by atoms with Crippen LogP contribution in [0.25, 0.3) is 11.0 Å². The minimum absolute atomic E-state index is 0.128. The molecule has 1 N–H and O–H groups in total.